The van der Waals surface area contributed by atoms with E-state index in [9.17, 15) is 24.7 Å². The van der Waals surface area contributed by atoms with Gasteiger partial charge in [-0.2, -0.15) is 0 Å². The molecule has 3 aromatic rings. The maximum atomic E-state index is 12.9. The van der Waals surface area contributed by atoms with Crippen molar-refractivity contribution in [3.05, 3.63) is 28.4 Å². The van der Waals surface area contributed by atoms with Gasteiger partial charge in [-0.25, -0.2) is 9.78 Å². The fourth-order valence-electron chi connectivity index (χ4n) is 3.75. The number of aliphatic carboxylic acids is 1. The summed E-state index contributed by atoms with van der Waals surface area (Å²) in [6.45, 7) is 0. The van der Waals surface area contributed by atoms with Crippen LogP contribution in [0.4, 0.5) is 10.8 Å². The van der Waals surface area contributed by atoms with E-state index in [1.54, 1.807) is 13.1 Å². The first-order valence-electron chi connectivity index (χ1n) is 10.4. The number of nitrogen functional groups attached to an aromatic ring is 1. The van der Waals surface area contributed by atoms with Crippen molar-refractivity contribution in [3.63, 3.8) is 0 Å². The molecule has 5 rings (SSSR count). The minimum atomic E-state index is -1.26. The second-order valence-electron chi connectivity index (χ2n) is 7.56. The van der Waals surface area contributed by atoms with Crippen LogP contribution in [-0.4, -0.2) is 98.9 Å². The number of carboxylic acids is 1. The van der Waals surface area contributed by atoms with Gasteiger partial charge >= 0.3 is 5.97 Å². The van der Waals surface area contributed by atoms with Gasteiger partial charge in [0.25, 0.3) is 11.8 Å². The second-order valence-corrected chi connectivity index (χ2v) is 10.6. The number of anilines is 2. The van der Waals surface area contributed by atoms with Crippen LogP contribution in [0, 0.1) is 0 Å². The highest BCUT2D eigenvalue weighted by atomic mass is 32.2. The lowest BCUT2D eigenvalue weighted by molar-refractivity contribution is -0.150. The number of thiazole rings is 1. The zero-order valence-corrected chi connectivity index (χ0v) is 21.2. The van der Waals surface area contributed by atoms with Gasteiger partial charge in [-0.05, 0) is 22.1 Å². The number of hydrogen-bond acceptors (Lipinski definition) is 15. The van der Waals surface area contributed by atoms with Gasteiger partial charge < -0.3 is 26.7 Å². The fourth-order valence-corrected chi connectivity index (χ4v) is 6.67. The van der Waals surface area contributed by atoms with Crippen LogP contribution in [-0.2, 0) is 14.4 Å². The highest BCUT2D eigenvalue weighted by Crippen LogP contribution is 2.41. The molecule has 2 atom stereocenters. The lowest BCUT2D eigenvalue weighted by Gasteiger charge is -2.49. The molecular formula is C18H17N11O5S3. The third-order valence-electron chi connectivity index (χ3n) is 5.44. The highest BCUT2D eigenvalue weighted by Gasteiger charge is 2.54. The lowest BCUT2D eigenvalue weighted by atomic mass is 10.0. The summed E-state index contributed by atoms with van der Waals surface area (Å²) in [5, 5.41) is 44.8. The van der Waals surface area contributed by atoms with E-state index in [2.05, 4.69) is 41.4 Å². The number of carboxylic acid groups (broad SMARTS) is 1. The fraction of sp³-hybridized carbons (Fsp3) is 0.278. The Morgan fingerprint density at radius 2 is 2.22 bits per heavy atom. The molecule has 6 N–H and O–H groups in total. The molecule has 0 bridgehead atoms. The number of fused-ring (bicyclic) bond motifs is 2. The second kappa shape index (κ2) is 9.82. The number of nitrogens with zero attached hydrogens (tertiary/aromatic N) is 8. The number of aromatic nitrogens is 6. The van der Waals surface area contributed by atoms with Gasteiger partial charge in [0.05, 0.1) is 5.69 Å². The summed E-state index contributed by atoms with van der Waals surface area (Å²) in [5.41, 5.74) is 6.71. The predicted molar refractivity (Wildman–Crippen MR) is 133 cm³/mol. The molecule has 5 heterocycles. The molecule has 1 fully saturated rings. The Bertz CT molecular complexity index is 1480. The van der Waals surface area contributed by atoms with Gasteiger partial charge in [-0.3, -0.25) is 14.5 Å². The van der Waals surface area contributed by atoms with Crippen molar-refractivity contribution in [1.82, 2.24) is 40.5 Å². The van der Waals surface area contributed by atoms with Crippen molar-refractivity contribution in [2.24, 2.45) is 5.16 Å². The molecule has 0 aromatic carbocycles. The molecular weight excluding hydrogens is 546 g/mol. The Morgan fingerprint density at radius 3 is 2.89 bits per heavy atom. The predicted octanol–water partition coefficient (Wildman–Crippen LogP) is -0.691. The number of carbonyl (C=O) groups is 3. The van der Waals surface area contributed by atoms with Crippen molar-refractivity contribution in [1.29, 1.82) is 0 Å². The van der Waals surface area contributed by atoms with Gasteiger partial charge in [-0.1, -0.05) is 16.9 Å². The van der Waals surface area contributed by atoms with Crippen LogP contribution in [0.25, 0.3) is 5.65 Å². The van der Waals surface area contributed by atoms with Crippen molar-refractivity contribution >= 4 is 74.8 Å². The normalized spacial score (nSPS) is 19.5. The summed E-state index contributed by atoms with van der Waals surface area (Å²) in [5.74, 6) is -2.12. The Hall–Kier alpha value is -3.97. The van der Waals surface area contributed by atoms with E-state index in [1.165, 1.54) is 33.5 Å². The molecule has 0 aliphatic carbocycles. The molecule has 0 saturated carbocycles. The Kier molecular flexibility index (Phi) is 6.56. The van der Waals surface area contributed by atoms with Crippen molar-refractivity contribution < 1.29 is 24.7 Å². The molecule has 2 aliphatic heterocycles. The number of hydrogen-bond donors (Lipinski definition) is 5. The zero-order valence-electron chi connectivity index (χ0n) is 18.7. The van der Waals surface area contributed by atoms with E-state index >= 15 is 0 Å². The standard InChI is InChI=1S/C18H17N11O5S3/c1-20-7-2-9(24-29-13(7)23-26-27-29)35-3-6-4-36-16-11(15(31)28(16)12(6)17(32)33)22-14(30)10(25-34)8-5-37-18(19)21-8/h2,5,11,16,20,34H,3-4H2,1H3,(H2,19,21)(H,22,30)(H,32,33)/t11?,16-/m0/s1. The van der Waals surface area contributed by atoms with Crippen LogP contribution >= 0.6 is 34.9 Å². The van der Waals surface area contributed by atoms with Crippen molar-refractivity contribution in [2.45, 2.75) is 16.4 Å². The minimum absolute atomic E-state index is 0.0581. The van der Waals surface area contributed by atoms with Gasteiger partial charge in [0.15, 0.2) is 10.8 Å². The molecule has 16 nitrogen and oxygen atoms in total. The average molecular weight is 564 g/mol. The van der Waals surface area contributed by atoms with Crippen LogP contribution < -0.4 is 16.4 Å². The van der Waals surface area contributed by atoms with Gasteiger partial charge in [0.2, 0.25) is 5.65 Å². The number of rotatable bonds is 8. The number of amides is 2. The lowest BCUT2D eigenvalue weighted by Crippen LogP contribution is -2.71. The Balaban J connectivity index is 1.31. The maximum absolute atomic E-state index is 12.9. The van der Waals surface area contributed by atoms with E-state index in [0.29, 0.717) is 27.7 Å². The topological polar surface area (TPSA) is 226 Å². The first-order valence-corrected chi connectivity index (χ1v) is 13.3. The number of nitrogens with two attached hydrogens (primary N) is 1. The molecule has 1 saturated heterocycles. The van der Waals surface area contributed by atoms with Crippen LogP contribution in [0.15, 0.2) is 32.9 Å². The molecule has 0 spiro atoms. The Morgan fingerprint density at radius 1 is 1.41 bits per heavy atom. The summed E-state index contributed by atoms with van der Waals surface area (Å²) in [4.78, 5) is 42.8. The van der Waals surface area contributed by atoms with E-state index in [0.717, 1.165) is 16.2 Å². The minimum Gasteiger partial charge on any atom is -0.477 e. The molecule has 37 heavy (non-hydrogen) atoms. The zero-order chi connectivity index (χ0) is 26.3. The molecule has 19 heteroatoms. The highest BCUT2D eigenvalue weighted by molar-refractivity contribution is 8.01. The molecule has 192 valence electrons. The van der Waals surface area contributed by atoms with Crippen LogP contribution in [0.2, 0.25) is 0 Å². The van der Waals surface area contributed by atoms with E-state index in [1.807, 2.05) is 0 Å². The molecule has 2 amide bonds. The van der Waals surface area contributed by atoms with Gasteiger partial charge in [0, 0.05) is 23.9 Å². The van der Waals surface area contributed by atoms with Gasteiger partial charge in [0.1, 0.15) is 27.8 Å². The van der Waals surface area contributed by atoms with Crippen LogP contribution in [0.3, 0.4) is 0 Å². The summed E-state index contributed by atoms with van der Waals surface area (Å²) in [6, 6.07) is 0.739. The first-order chi connectivity index (χ1) is 17.8. The molecule has 0 radical (unpaired) electrons. The van der Waals surface area contributed by atoms with E-state index in [4.69, 9.17) is 5.73 Å². The van der Waals surface area contributed by atoms with Crippen molar-refractivity contribution in [3.8, 4) is 0 Å². The first kappa shape index (κ1) is 24.7. The van der Waals surface area contributed by atoms with Gasteiger partial charge in [-0.15, -0.1) is 37.9 Å². The van der Waals surface area contributed by atoms with Crippen LogP contribution in [0.5, 0.6) is 0 Å². The maximum Gasteiger partial charge on any atom is 0.352 e. The summed E-state index contributed by atoms with van der Waals surface area (Å²) in [7, 11) is 1.72. The Labute approximate surface area is 219 Å². The summed E-state index contributed by atoms with van der Waals surface area (Å²) in [6.07, 6.45) is 0. The number of tetrazole rings is 1. The SMILES string of the molecule is CNc1cc(SCC2=C(C(=O)O)N3C(=O)C(NC(=O)C(=NO)c4csc(N)n4)[C@@H]3SC2)nn2nnnc12. The molecule has 3 aromatic heterocycles. The number of oxime groups is 1. The summed E-state index contributed by atoms with van der Waals surface area (Å²) >= 11 is 3.64. The third kappa shape index (κ3) is 4.40. The number of carbonyl (C=O) groups excluding carboxylic acids is 2. The number of β-lactam (4-membered cyclic amide) rings is 1. The smallest absolute Gasteiger partial charge is 0.352 e. The van der Waals surface area contributed by atoms with E-state index < -0.39 is 34.9 Å². The van der Waals surface area contributed by atoms with Crippen molar-refractivity contribution in [2.75, 3.05) is 29.6 Å². The number of nitrogens with one attached hydrogen (secondary N) is 2. The van der Waals surface area contributed by atoms with Crippen LogP contribution in [0.1, 0.15) is 5.69 Å². The number of thioether (sulfide) groups is 2. The monoisotopic (exact) mass is 563 g/mol. The quantitative estimate of drug-likeness (QED) is 0.0751. The molecule has 1 unspecified atom stereocenters. The third-order valence-corrected chi connectivity index (χ3v) is 8.44. The van der Waals surface area contributed by atoms with E-state index in [-0.39, 0.29) is 22.3 Å². The molecule has 2 aliphatic rings. The largest absolute Gasteiger partial charge is 0.477 e. The average Bonchev–Trinajstić information content (AvgIpc) is 3.54. The summed E-state index contributed by atoms with van der Waals surface area (Å²) < 4.78 is 1.27.